The van der Waals surface area contributed by atoms with Crippen molar-refractivity contribution < 1.29 is 9.66 Å². The van der Waals surface area contributed by atoms with Crippen molar-refractivity contribution in [3.05, 3.63) is 74.4 Å². The van der Waals surface area contributed by atoms with Gasteiger partial charge in [-0.15, -0.1) is 0 Å². The van der Waals surface area contributed by atoms with Crippen molar-refractivity contribution in [1.82, 2.24) is 4.98 Å². The number of benzene rings is 2. The van der Waals surface area contributed by atoms with Gasteiger partial charge in [-0.25, -0.2) is 0 Å². The Morgan fingerprint density at radius 1 is 1.28 bits per heavy atom. The monoisotopic (exact) mass is 353 g/mol. The minimum absolute atomic E-state index is 0.0474. The topological polar surface area (TPSA) is 89.0 Å². The molecule has 1 heterocycles. The van der Waals surface area contributed by atoms with Gasteiger partial charge in [-0.2, -0.15) is 5.26 Å². The predicted octanol–water partition coefficient (Wildman–Crippen LogP) is 4.56. The van der Waals surface area contributed by atoms with Gasteiger partial charge in [-0.1, -0.05) is 17.7 Å². The van der Waals surface area contributed by atoms with Crippen LogP contribution < -0.4 is 4.74 Å². The first-order valence-electron chi connectivity index (χ1n) is 7.35. The Hall–Kier alpha value is -3.17. The summed E-state index contributed by atoms with van der Waals surface area (Å²) < 4.78 is 5.70. The van der Waals surface area contributed by atoms with Crippen molar-refractivity contribution in [2.24, 2.45) is 0 Å². The van der Waals surface area contributed by atoms with Crippen LogP contribution in [0.5, 0.6) is 5.75 Å². The quantitative estimate of drug-likeness (QED) is 0.506. The maximum absolute atomic E-state index is 11.1. The average molecular weight is 354 g/mol. The van der Waals surface area contributed by atoms with Crippen molar-refractivity contribution in [2.75, 3.05) is 0 Å². The van der Waals surface area contributed by atoms with Gasteiger partial charge >= 0.3 is 0 Å². The molecule has 0 aliphatic rings. The largest absolute Gasteiger partial charge is 0.489 e. The number of hydrogen-bond acceptors (Lipinski definition) is 5. The molecule has 124 valence electrons. The third kappa shape index (κ3) is 3.37. The molecule has 0 aliphatic heterocycles. The molecule has 0 radical (unpaired) electrons. The van der Waals surface area contributed by atoms with E-state index in [-0.39, 0.29) is 22.9 Å². The van der Waals surface area contributed by atoms with Crippen molar-refractivity contribution >= 4 is 28.2 Å². The van der Waals surface area contributed by atoms with Gasteiger partial charge in [0.1, 0.15) is 24.0 Å². The first-order chi connectivity index (χ1) is 12.0. The number of hydrogen-bond donors (Lipinski definition) is 0. The Kier molecular flexibility index (Phi) is 4.50. The van der Waals surface area contributed by atoms with Gasteiger partial charge in [-0.05, 0) is 37.3 Å². The first-order valence-corrected chi connectivity index (χ1v) is 7.73. The normalized spacial score (nSPS) is 10.4. The van der Waals surface area contributed by atoms with Gasteiger partial charge in [0, 0.05) is 27.7 Å². The number of fused-ring (bicyclic) bond motifs is 1. The standard InChI is InChI=1S/C18H12ClN3O3/c1-11-2-3-12-8-13(4-6-17(12)21-11)25-10-15-14(9-20)18(22(23)24)7-5-16(15)19/h2-8H,10H2,1H3. The van der Waals surface area contributed by atoms with Crippen LogP contribution in [-0.4, -0.2) is 9.91 Å². The maximum Gasteiger partial charge on any atom is 0.287 e. The van der Waals surface area contributed by atoms with Crippen LogP contribution in [0.3, 0.4) is 0 Å². The van der Waals surface area contributed by atoms with Crippen molar-refractivity contribution in [3.63, 3.8) is 0 Å². The predicted molar refractivity (Wildman–Crippen MR) is 93.6 cm³/mol. The van der Waals surface area contributed by atoms with E-state index in [1.54, 1.807) is 6.07 Å². The van der Waals surface area contributed by atoms with Crippen LogP contribution in [0.1, 0.15) is 16.8 Å². The van der Waals surface area contributed by atoms with Gasteiger partial charge < -0.3 is 4.74 Å². The molecular formula is C18H12ClN3O3. The van der Waals surface area contributed by atoms with E-state index < -0.39 is 4.92 Å². The summed E-state index contributed by atoms with van der Waals surface area (Å²) in [7, 11) is 0. The molecular weight excluding hydrogens is 342 g/mol. The highest BCUT2D eigenvalue weighted by atomic mass is 35.5. The molecule has 0 aliphatic carbocycles. The molecule has 7 heteroatoms. The zero-order chi connectivity index (χ0) is 18.0. The molecule has 0 saturated heterocycles. The maximum atomic E-state index is 11.1. The fourth-order valence-electron chi connectivity index (χ4n) is 2.48. The molecule has 0 spiro atoms. The third-order valence-electron chi connectivity index (χ3n) is 3.73. The SMILES string of the molecule is Cc1ccc2cc(OCc3c(Cl)ccc([N+](=O)[O-])c3C#N)ccc2n1. The summed E-state index contributed by atoms with van der Waals surface area (Å²) in [6.07, 6.45) is 0. The zero-order valence-corrected chi connectivity index (χ0v) is 13.9. The second-order valence-electron chi connectivity index (χ2n) is 5.38. The highest BCUT2D eigenvalue weighted by Crippen LogP contribution is 2.29. The van der Waals surface area contributed by atoms with E-state index in [9.17, 15) is 15.4 Å². The lowest BCUT2D eigenvalue weighted by atomic mass is 10.1. The van der Waals surface area contributed by atoms with Gasteiger partial charge in [0.15, 0.2) is 0 Å². The van der Waals surface area contributed by atoms with Gasteiger partial charge in [0.2, 0.25) is 0 Å². The van der Waals surface area contributed by atoms with E-state index in [0.29, 0.717) is 11.3 Å². The summed E-state index contributed by atoms with van der Waals surface area (Å²) >= 11 is 6.10. The van der Waals surface area contributed by atoms with Crippen molar-refractivity contribution in [1.29, 1.82) is 5.26 Å². The molecule has 0 bridgehead atoms. The summed E-state index contributed by atoms with van der Waals surface area (Å²) in [6.45, 7) is 1.87. The summed E-state index contributed by atoms with van der Waals surface area (Å²) in [6, 6.07) is 13.7. The van der Waals surface area contributed by atoms with Crippen LogP contribution >= 0.6 is 11.6 Å². The molecule has 3 aromatic rings. The number of aryl methyl sites for hydroxylation is 1. The molecule has 2 aromatic carbocycles. The Morgan fingerprint density at radius 2 is 2.08 bits per heavy atom. The van der Waals surface area contributed by atoms with Crippen LogP contribution in [0, 0.1) is 28.4 Å². The minimum Gasteiger partial charge on any atom is -0.489 e. The lowest BCUT2D eigenvalue weighted by Crippen LogP contribution is -2.03. The number of nitro groups is 1. The molecule has 0 unspecified atom stereocenters. The number of halogens is 1. The smallest absolute Gasteiger partial charge is 0.287 e. The molecule has 25 heavy (non-hydrogen) atoms. The van der Waals surface area contributed by atoms with Crippen molar-refractivity contribution in [2.45, 2.75) is 13.5 Å². The lowest BCUT2D eigenvalue weighted by Gasteiger charge is -2.10. The second kappa shape index (κ2) is 6.75. The van der Waals surface area contributed by atoms with E-state index >= 15 is 0 Å². The van der Waals surface area contributed by atoms with Crippen LogP contribution in [0.25, 0.3) is 10.9 Å². The number of ether oxygens (including phenoxy) is 1. The number of nitrogens with zero attached hydrogens (tertiary/aromatic N) is 3. The van der Waals surface area contributed by atoms with Gasteiger partial charge in [0.05, 0.1) is 10.4 Å². The van der Waals surface area contributed by atoms with Crippen molar-refractivity contribution in [3.8, 4) is 11.8 Å². The number of rotatable bonds is 4. The van der Waals surface area contributed by atoms with Crippen LogP contribution in [0.4, 0.5) is 5.69 Å². The Morgan fingerprint density at radius 3 is 2.80 bits per heavy atom. The summed E-state index contributed by atoms with van der Waals surface area (Å²) in [5.41, 5.74) is 1.68. The fourth-order valence-corrected chi connectivity index (χ4v) is 2.69. The van der Waals surface area contributed by atoms with E-state index in [2.05, 4.69) is 4.98 Å². The molecule has 0 saturated carbocycles. The first kappa shape index (κ1) is 16.7. The minimum atomic E-state index is -0.609. The van der Waals surface area contributed by atoms with Crippen LogP contribution in [0.15, 0.2) is 42.5 Å². The Bertz CT molecular complexity index is 1030. The molecule has 0 atom stereocenters. The molecule has 1 aromatic heterocycles. The van der Waals surface area contributed by atoms with E-state index in [1.165, 1.54) is 12.1 Å². The Labute approximate surface area is 148 Å². The third-order valence-corrected chi connectivity index (χ3v) is 4.08. The number of nitro benzene ring substituents is 1. The summed E-state index contributed by atoms with van der Waals surface area (Å²) in [5.74, 6) is 0.560. The number of aromatic nitrogens is 1. The number of nitriles is 1. The number of pyridine rings is 1. The summed E-state index contributed by atoms with van der Waals surface area (Å²) in [4.78, 5) is 14.9. The van der Waals surface area contributed by atoms with E-state index in [1.807, 2.05) is 37.3 Å². The molecule has 0 amide bonds. The zero-order valence-electron chi connectivity index (χ0n) is 13.2. The van der Waals surface area contributed by atoms with Gasteiger partial charge in [-0.3, -0.25) is 15.1 Å². The molecule has 3 rings (SSSR count). The van der Waals surface area contributed by atoms with Gasteiger partial charge in [0.25, 0.3) is 5.69 Å². The second-order valence-corrected chi connectivity index (χ2v) is 5.79. The van der Waals surface area contributed by atoms with Crippen LogP contribution in [-0.2, 0) is 6.61 Å². The molecule has 0 fully saturated rings. The highest BCUT2D eigenvalue weighted by Gasteiger charge is 2.20. The highest BCUT2D eigenvalue weighted by molar-refractivity contribution is 6.31. The van der Waals surface area contributed by atoms with Crippen LogP contribution in [0.2, 0.25) is 5.02 Å². The summed E-state index contributed by atoms with van der Waals surface area (Å²) in [5, 5.41) is 21.5. The Balaban J connectivity index is 1.91. The lowest BCUT2D eigenvalue weighted by molar-refractivity contribution is -0.385. The fraction of sp³-hybridized carbons (Fsp3) is 0.111. The van der Waals surface area contributed by atoms with E-state index in [0.717, 1.165) is 16.6 Å². The molecule has 0 N–H and O–H groups in total. The molecule has 6 nitrogen and oxygen atoms in total. The van der Waals surface area contributed by atoms with E-state index in [4.69, 9.17) is 16.3 Å². The average Bonchev–Trinajstić information content (AvgIpc) is 2.59.